The second-order valence-corrected chi connectivity index (χ2v) is 5.75. The number of halogens is 2. The number of nitrogens with one attached hydrogen (secondary N) is 2. The van der Waals surface area contributed by atoms with Crippen molar-refractivity contribution >= 4 is 24.0 Å². The van der Waals surface area contributed by atoms with Gasteiger partial charge in [-0.15, -0.1) is 12.4 Å². The van der Waals surface area contributed by atoms with Gasteiger partial charge in [-0.25, -0.2) is 4.39 Å². The third kappa shape index (κ3) is 5.81. The van der Waals surface area contributed by atoms with Gasteiger partial charge in [0.2, 0.25) is 5.91 Å². The van der Waals surface area contributed by atoms with Crippen molar-refractivity contribution in [2.24, 2.45) is 5.92 Å². The zero-order valence-electron chi connectivity index (χ0n) is 13.0. The first-order chi connectivity index (χ1) is 10.0. The van der Waals surface area contributed by atoms with Crippen LogP contribution in [0.2, 0.25) is 0 Å². The normalized spacial score (nSPS) is 17.2. The number of amides is 1. The molecule has 4 nitrogen and oxygen atoms in total. The van der Waals surface area contributed by atoms with Crippen molar-refractivity contribution in [1.29, 1.82) is 0 Å². The van der Waals surface area contributed by atoms with Gasteiger partial charge in [-0.3, -0.25) is 4.79 Å². The first-order valence-electron chi connectivity index (χ1n) is 7.51. The van der Waals surface area contributed by atoms with Crippen LogP contribution in [-0.4, -0.2) is 25.1 Å². The van der Waals surface area contributed by atoms with E-state index in [2.05, 4.69) is 10.6 Å². The Morgan fingerprint density at radius 3 is 2.91 bits per heavy atom. The molecule has 0 spiro atoms. The molecule has 22 heavy (non-hydrogen) atoms. The smallest absolute Gasteiger partial charge is 0.224 e. The summed E-state index contributed by atoms with van der Waals surface area (Å²) in [7, 11) is 0. The lowest BCUT2D eigenvalue weighted by molar-refractivity contribution is -0.116. The fraction of sp³-hybridized carbons (Fsp3) is 0.562. The van der Waals surface area contributed by atoms with E-state index < -0.39 is 0 Å². The van der Waals surface area contributed by atoms with Crippen molar-refractivity contribution in [2.75, 3.05) is 18.4 Å². The Morgan fingerprint density at radius 1 is 1.50 bits per heavy atom. The van der Waals surface area contributed by atoms with E-state index >= 15 is 0 Å². The van der Waals surface area contributed by atoms with Crippen molar-refractivity contribution in [2.45, 2.75) is 39.2 Å². The highest BCUT2D eigenvalue weighted by Crippen LogP contribution is 2.27. The molecular weight excluding hydrogens is 307 g/mol. The summed E-state index contributed by atoms with van der Waals surface area (Å²) in [4.78, 5) is 12.0. The molecule has 1 aliphatic heterocycles. The van der Waals surface area contributed by atoms with Gasteiger partial charge in [0.1, 0.15) is 11.6 Å². The molecule has 1 fully saturated rings. The van der Waals surface area contributed by atoms with E-state index in [9.17, 15) is 9.18 Å². The molecule has 1 aromatic carbocycles. The van der Waals surface area contributed by atoms with Crippen LogP contribution in [0.1, 0.15) is 33.1 Å². The summed E-state index contributed by atoms with van der Waals surface area (Å²) in [5.74, 6) is 0.583. The molecule has 124 valence electrons. The van der Waals surface area contributed by atoms with E-state index in [-0.39, 0.29) is 30.2 Å². The third-order valence-corrected chi connectivity index (χ3v) is 3.52. The number of benzene rings is 1. The highest BCUT2D eigenvalue weighted by molar-refractivity contribution is 5.92. The van der Waals surface area contributed by atoms with Crippen LogP contribution < -0.4 is 15.4 Å². The zero-order valence-corrected chi connectivity index (χ0v) is 13.8. The molecule has 0 aromatic heterocycles. The van der Waals surface area contributed by atoms with Crippen molar-refractivity contribution in [1.82, 2.24) is 5.32 Å². The topological polar surface area (TPSA) is 50.4 Å². The summed E-state index contributed by atoms with van der Waals surface area (Å²) in [6.45, 7) is 5.79. The third-order valence-electron chi connectivity index (χ3n) is 3.52. The van der Waals surface area contributed by atoms with Gasteiger partial charge < -0.3 is 15.4 Å². The van der Waals surface area contributed by atoms with Gasteiger partial charge in [-0.05, 0) is 57.8 Å². The van der Waals surface area contributed by atoms with E-state index in [1.165, 1.54) is 12.1 Å². The van der Waals surface area contributed by atoms with Gasteiger partial charge >= 0.3 is 0 Å². The summed E-state index contributed by atoms with van der Waals surface area (Å²) in [5.41, 5.74) is 0.401. The Labute approximate surface area is 137 Å². The Kier molecular flexibility index (Phi) is 7.62. The van der Waals surface area contributed by atoms with Gasteiger partial charge in [-0.1, -0.05) is 0 Å². The second-order valence-electron chi connectivity index (χ2n) is 5.75. The predicted molar refractivity (Wildman–Crippen MR) is 88.3 cm³/mol. The minimum atomic E-state index is -0.388. The summed E-state index contributed by atoms with van der Waals surface area (Å²) in [5, 5.41) is 6.04. The Balaban J connectivity index is 0.00000242. The highest BCUT2D eigenvalue weighted by Gasteiger charge is 2.16. The number of anilines is 1. The lowest BCUT2D eigenvalue weighted by atomic mass is 10.0. The fourth-order valence-electron chi connectivity index (χ4n) is 2.47. The molecule has 0 aliphatic carbocycles. The summed E-state index contributed by atoms with van der Waals surface area (Å²) in [6.07, 6.45) is 2.39. The summed E-state index contributed by atoms with van der Waals surface area (Å²) >= 11 is 0. The Bertz CT molecular complexity index is 491. The van der Waals surface area contributed by atoms with Crippen LogP contribution in [-0.2, 0) is 4.79 Å². The molecule has 1 atom stereocenters. The average Bonchev–Trinajstić information content (AvgIpc) is 2.92. The first kappa shape index (κ1) is 18.7. The van der Waals surface area contributed by atoms with Gasteiger partial charge in [0, 0.05) is 12.5 Å². The SMILES string of the molecule is CC(C)Oc1ccc(F)cc1NC(=O)CCC1CCNC1.Cl. The van der Waals surface area contributed by atoms with Crippen molar-refractivity contribution in [3.05, 3.63) is 24.0 Å². The minimum absolute atomic E-state index is 0. The molecule has 2 N–H and O–H groups in total. The van der Waals surface area contributed by atoms with E-state index in [0.29, 0.717) is 23.8 Å². The molecule has 1 heterocycles. The second kappa shape index (κ2) is 8.96. The minimum Gasteiger partial charge on any atom is -0.489 e. The molecule has 1 aliphatic rings. The fourth-order valence-corrected chi connectivity index (χ4v) is 2.47. The standard InChI is InChI=1S/C16H23FN2O2.ClH/c1-11(2)21-15-5-4-13(17)9-14(15)19-16(20)6-3-12-7-8-18-10-12;/h4-5,9,11-12,18H,3,6-8,10H2,1-2H3,(H,19,20);1H. The van der Waals surface area contributed by atoms with E-state index in [1.807, 2.05) is 13.8 Å². The number of carbonyl (C=O) groups excluding carboxylic acids is 1. The average molecular weight is 331 g/mol. The van der Waals surface area contributed by atoms with Gasteiger partial charge in [-0.2, -0.15) is 0 Å². The number of hydrogen-bond donors (Lipinski definition) is 2. The Hall–Kier alpha value is -1.33. The molecule has 1 aromatic rings. The molecule has 2 rings (SSSR count). The molecule has 0 radical (unpaired) electrons. The lowest BCUT2D eigenvalue weighted by Crippen LogP contribution is -2.16. The predicted octanol–water partition coefficient (Wildman–Crippen LogP) is 3.36. The van der Waals surface area contributed by atoms with E-state index in [0.717, 1.165) is 25.9 Å². The van der Waals surface area contributed by atoms with Crippen LogP contribution in [0, 0.1) is 11.7 Å². The van der Waals surface area contributed by atoms with E-state index in [1.54, 1.807) is 6.07 Å². The van der Waals surface area contributed by atoms with Crippen molar-refractivity contribution in [3.63, 3.8) is 0 Å². The molecule has 6 heteroatoms. The molecule has 1 saturated heterocycles. The summed E-state index contributed by atoms with van der Waals surface area (Å²) in [6, 6.07) is 4.18. The van der Waals surface area contributed by atoms with Crippen molar-refractivity contribution in [3.8, 4) is 5.75 Å². The largest absolute Gasteiger partial charge is 0.489 e. The number of carbonyl (C=O) groups is 1. The van der Waals surface area contributed by atoms with E-state index in [4.69, 9.17) is 4.74 Å². The molecule has 1 amide bonds. The lowest BCUT2D eigenvalue weighted by Gasteiger charge is -2.15. The van der Waals surface area contributed by atoms with Gasteiger partial charge in [0.05, 0.1) is 11.8 Å². The first-order valence-corrected chi connectivity index (χ1v) is 7.51. The van der Waals surface area contributed by atoms with Crippen molar-refractivity contribution < 1.29 is 13.9 Å². The Morgan fingerprint density at radius 2 is 2.27 bits per heavy atom. The maximum atomic E-state index is 13.4. The maximum Gasteiger partial charge on any atom is 0.224 e. The molecule has 0 bridgehead atoms. The van der Waals surface area contributed by atoms with Gasteiger partial charge in [0.15, 0.2) is 0 Å². The zero-order chi connectivity index (χ0) is 15.2. The number of rotatable bonds is 6. The van der Waals surface area contributed by atoms with Crippen LogP contribution >= 0.6 is 12.4 Å². The monoisotopic (exact) mass is 330 g/mol. The van der Waals surface area contributed by atoms with Crippen LogP contribution in [0.25, 0.3) is 0 Å². The molecule has 0 saturated carbocycles. The van der Waals surface area contributed by atoms with Crippen LogP contribution in [0.4, 0.5) is 10.1 Å². The molecule has 1 unspecified atom stereocenters. The maximum absolute atomic E-state index is 13.4. The number of hydrogen-bond acceptors (Lipinski definition) is 3. The van der Waals surface area contributed by atoms with Crippen LogP contribution in [0.3, 0.4) is 0 Å². The van der Waals surface area contributed by atoms with Crippen LogP contribution in [0.15, 0.2) is 18.2 Å². The molecular formula is C16H24ClFN2O2. The number of ether oxygens (including phenoxy) is 1. The van der Waals surface area contributed by atoms with Crippen LogP contribution in [0.5, 0.6) is 5.75 Å². The van der Waals surface area contributed by atoms with Gasteiger partial charge in [0.25, 0.3) is 0 Å². The quantitative estimate of drug-likeness (QED) is 0.841. The summed E-state index contributed by atoms with van der Waals surface area (Å²) < 4.78 is 18.9. The highest BCUT2D eigenvalue weighted by atomic mass is 35.5.